The summed E-state index contributed by atoms with van der Waals surface area (Å²) < 4.78 is 5.21. The van der Waals surface area contributed by atoms with Gasteiger partial charge in [-0.05, 0) is 25.7 Å². The highest BCUT2D eigenvalue weighted by Crippen LogP contribution is 2.18. The van der Waals surface area contributed by atoms with Crippen LogP contribution in [0.25, 0.3) is 0 Å². The van der Waals surface area contributed by atoms with Gasteiger partial charge in [-0.2, -0.15) is 15.0 Å². The van der Waals surface area contributed by atoms with Crippen molar-refractivity contribution in [1.82, 2.24) is 15.0 Å². The first-order chi connectivity index (χ1) is 10.3. The van der Waals surface area contributed by atoms with E-state index in [9.17, 15) is 0 Å². The lowest BCUT2D eigenvalue weighted by atomic mass is 10.1. The molecule has 2 heterocycles. The lowest BCUT2D eigenvalue weighted by molar-refractivity contribution is 0.184. The van der Waals surface area contributed by atoms with Crippen LogP contribution in [0.3, 0.4) is 0 Å². The SMILES string of the molecule is CCC(COC)Nc1nc(NC)nc(N2CCCCC2)n1. The molecule has 1 aliphatic heterocycles. The monoisotopic (exact) mass is 294 g/mol. The van der Waals surface area contributed by atoms with Crippen molar-refractivity contribution in [1.29, 1.82) is 0 Å². The zero-order chi connectivity index (χ0) is 15.1. The van der Waals surface area contributed by atoms with Crippen molar-refractivity contribution in [3.05, 3.63) is 0 Å². The van der Waals surface area contributed by atoms with Crippen LogP contribution >= 0.6 is 0 Å². The summed E-state index contributed by atoms with van der Waals surface area (Å²) in [5.74, 6) is 1.96. The topological polar surface area (TPSA) is 75.2 Å². The van der Waals surface area contributed by atoms with E-state index in [0.29, 0.717) is 18.5 Å². The van der Waals surface area contributed by atoms with E-state index in [1.54, 1.807) is 7.11 Å². The van der Waals surface area contributed by atoms with Crippen molar-refractivity contribution < 1.29 is 4.74 Å². The molecule has 7 nitrogen and oxygen atoms in total. The predicted octanol–water partition coefficient (Wildman–Crippen LogP) is 1.74. The molecule has 0 bridgehead atoms. The average Bonchev–Trinajstić information content (AvgIpc) is 2.55. The molecular weight excluding hydrogens is 268 g/mol. The summed E-state index contributed by atoms with van der Waals surface area (Å²) in [7, 11) is 3.53. The van der Waals surface area contributed by atoms with E-state index < -0.39 is 0 Å². The Morgan fingerprint density at radius 1 is 1.14 bits per heavy atom. The molecule has 1 unspecified atom stereocenters. The van der Waals surface area contributed by atoms with Gasteiger partial charge in [0.05, 0.1) is 12.6 Å². The highest BCUT2D eigenvalue weighted by atomic mass is 16.5. The number of rotatable bonds is 7. The van der Waals surface area contributed by atoms with Crippen LogP contribution in [-0.4, -0.2) is 54.8 Å². The number of methoxy groups -OCH3 is 1. The molecule has 1 aromatic rings. The Labute approximate surface area is 126 Å². The normalized spacial score (nSPS) is 16.6. The molecule has 1 aliphatic rings. The molecule has 21 heavy (non-hydrogen) atoms. The van der Waals surface area contributed by atoms with E-state index in [0.717, 1.165) is 25.5 Å². The number of nitrogens with one attached hydrogen (secondary N) is 2. The highest BCUT2D eigenvalue weighted by Gasteiger charge is 2.17. The van der Waals surface area contributed by atoms with Gasteiger partial charge in [0.25, 0.3) is 0 Å². The molecule has 0 radical (unpaired) electrons. The minimum absolute atomic E-state index is 0.205. The van der Waals surface area contributed by atoms with Gasteiger partial charge < -0.3 is 20.3 Å². The maximum Gasteiger partial charge on any atom is 0.231 e. The fourth-order valence-electron chi connectivity index (χ4n) is 2.42. The quantitative estimate of drug-likeness (QED) is 0.793. The third-order valence-corrected chi connectivity index (χ3v) is 3.68. The summed E-state index contributed by atoms with van der Waals surface area (Å²) in [6, 6.07) is 0.205. The predicted molar refractivity (Wildman–Crippen MR) is 85.0 cm³/mol. The maximum absolute atomic E-state index is 5.21. The Kier molecular flexibility index (Phi) is 5.98. The number of ether oxygens (including phenoxy) is 1. The zero-order valence-corrected chi connectivity index (χ0v) is 13.2. The number of nitrogens with zero attached hydrogens (tertiary/aromatic N) is 4. The molecule has 2 rings (SSSR count). The van der Waals surface area contributed by atoms with Crippen molar-refractivity contribution in [3.63, 3.8) is 0 Å². The molecule has 7 heteroatoms. The highest BCUT2D eigenvalue weighted by molar-refractivity contribution is 5.44. The fraction of sp³-hybridized carbons (Fsp3) is 0.786. The Bertz CT molecular complexity index is 435. The van der Waals surface area contributed by atoms with Gasteiger partial charge in [-0.3, -0.25) is 0 Å². The minimum Gasteiger partial charge on any atom is -0.383 e. The molecule has 0 amide bonds. The van der Waals surface area contributed by atoms with E-state index in [4.69, 9.17) is 4.74 Å². The van der Waals surface area contributed by atoms with Crippen LogP contribution in [-0.2, 0) is 4.74 Å². The lowest BCUT2D eigenvalue weighted by Crippen LogP contribution is -2.32. The summed E-state index contributed by atoms with van der Waals surface area (Å²) in [5, 5.41) is 6.34. The fourth-order valence-corrected chi connectivity index (χ4v) is 2.42. The first-order valence-electron chi connectivity index (χ1n) is 7.71. The van der Waals surface area contributed by atoms with Crippen molar-refractivity contribution in [2.75, 3.05) is 49.4 Å². The summed E-state index contributed by atoms with van der Waals surface area (Å²) in [6.45, 7) is 4.78. The number of hydrogen-bond donors (Lipinski definition) is 2. The summed E-state index contributed by atoms with van der Waals surface area (Å²) in [6.07, 6.45) is 4.64. The van der Waals surface area contributed by atoms with Gasteiger partial charge in [-0.25, -0.2) is 0 Å². The molecule has 1 atom stereocenters. The second-order valence-electron chi connectivity index (χ2n) is 5.29. The molecule has 1 aromatic heterocycles. The largest absolute Gasteiger partial charge is 0.383 e. The van der Waals surface area contributed by atoms with E-state index >= 15 is 0 Å². The van der Waals surface area contributed by atoms with Crippen molar-refractivity contribution >= 4 is 17.8 Å². The molecule has 1 saturated heterocycles. The van der Waals surface area contributed by atoms with Crippen LogP contribution in [0.15, 0.2) is 0 Å². The molecule has 2 N–H and O–H groups in total. The second-order valence-corrected chi connectivity index (χ2v) is 5.29. The molecule has 0 saturated carbocycles. The lowest BCUT2D eigenvalue weighted by Gasteiger charge is -2.27. The van der Waals surface area contributed by atoms with Gasteiger partial charge in [0.2, 0.25) is 17.8 Å². The van der Waals surface area contributed by atoms with E-state index in [2.05, 4.69) is 37.4 Å². The summed E-state index contributed by atoms with van der Waals surface area (Å²) in [5.41, 5.74) is 0. The van der Waals surface area contributed by atoms with Crippen LogP contribution in [0.2, 0.25) is 0 Å². The van der Waals surface area contributed by atoms with Gasteiger partial charge in [0.1, 0.15) is 0 Å². The van der Waals surface area contributed by atoms with Crippen molar-refractivity contribution in [2.45, 2.75) is 38.6 Å². The van der Waals surface area contributed by atoms with Gasteiger partial charge in [-0.1, -0.05) is 6.92 Å². The number of anilines is 3. The average molecular weight is 294 g/mol. The van der Waals surface area contributed by atoms with Crippen LogP contribution < -0.4 is 15.5 Å². The molecule has 0 spiro atoms. The van der Waals surface area contributed by atoms with Crippen LogP contribution in [0.4, 0.5) is 17.8 Å². The third-order valence-electron chi connectivity index (χ3n) is 3.68. The Balaban J connectivity index is 2.16. The van der Waals surface area contributed by atoms with E-state index in [1.807, 2.05) is 7.05 Å². The van der Waals surface area contributed by atoms with Crippen molar-refractivity contribution in [2.24, 2.45) is 0 Å². The number of piperidine rings is 1. The Hall–Kier alpha value is -1.63. The molecular formula is C14H26N6O. The molecule has 1 fully saturated rings. The first kappa shape index (κ1) is 15.8. The zero-order valence-electron chi connectivity index (χ0n) is 13.2. The Morgan fingerprint density at radius 3 is 2.48 bits per heavy atom. The van der Waals surface area contributed by atoms with Gasteiger partial charge >= 0.3 is 0 Å². The van der Waals surface area contributed by atoms with Gasteiger partial charge in [-0.15, -0.1) is 0 Å². The third kappa shape index (κ3) is 4.42. The van der Waals surface area contributed by atoms with E-state index in [-0.39, 0.29) is 6.04 Å². The maximum atomic E-state index is 5.21. The smallest absolute Gasteiger partial charge is 0.231 e. The molecule has 0 aliphatic carbocycles. The van der Waals surface area contributed by atoms with E-state index in [1.165, 1.54) is 19.3 Å². The second kappa shape index (κ2) is 7.97. The van der Waals surface area contributed by atoms with Crippen molar-refractivity contribution in [3.8, 4) is 0 Å². The number of aromatic nitrogens is 3. The van der Waals surface area contributed by atoms with Crippen LogP contribution in [0, 0.1) is 0 Å². The number of hydrogen-bond acceptors (Lipinski definition) is 7. The standard InChI is InChI=1S/C14H26N6O/c1-4-11(10-21-3)16-13-17-12(15-2)18-14(19-13)20-8-6-5-7-9-20/h11H,4-10H2,1-3H3,(H2,15,16,17,18,19). The van der Waals surface area contributed by atoms with Gasteiger partial charge in [0.15, 0.2) is 0 Å². The molecule has 0 aromatic carbocycles. The molecule has 118 valence electrons. The summed E-state index contributed by atoms with van der Waals surface area (Å²) >= 11 is 0. The van der Waals surface area contributed by atoms with Gasteiger partial charge in [0, 0.05) is 27.2 Å². The Morgan fingerprint density at radius 2 is 1.86 bits per heavy atom. The summed E-state index contributed by atoms with van der Waals surface area (Å²) in [4.78, 5) is 15.7. The first-order valence-corrected chi connectivity index (χ1v) is 7.71. The van der Waals surface area contributed by atoms with Crippen LogP contribution in [0.5, 0.6) is 0 Å². The van der Waals surface area contributed by atoms with Crippen LogP contribution in [0.1, 0.15) is 32.6 Å². The minimum atomic E-state index is 0.205.